The van der Waals surface area contributed by atoms with Crippen LogP contribution in [0.5, 0.6) is 5.75 Å². The van der Waals surface area contributed by atoms with E-state index < -0.39 is 0 Å². The van der Waals surface area contributed by atoms with E-state index in [1.165, 1.54) is 24.0 Å². The lowest BCUT2D eigenvalue weighted by Gasteiger charge is -2.34. The van der Waals surface area contributed by atoms with Crippen LogP contribution in [0.4, 0.5) is 5.82 Å². The molecule has 0 saturated carbocycles. The second kappa shape index (κ2) is 12.7. The van der Waals surface area contributed by atoms with Crippen molar-refractivity contribution < 1.29 is 4.74 Å². The van der Waals surface area contributed by atoms with Crippen molar-refractivity contribution in [1.82, 2.24) is 15.2 Å². The highest BCUT2D eigenvalue weighted by molar-refractivity contribution is 5.85. The number of ether oxygens (including phenoxy) is 1. The molecule has 0 aliphatic carbocycles. The standard InChI is InChI=1S/C23H34N4O.ClH/c1-3-4-5-17-28-22-10-8-20(9-11-22)18-24-19-21-7-6-12-25-23(21)27-15-13-26(2)14-16-27;/h6-12,24H,3-5,13-19H2,1-2H3;1H. The maximum absolute atomic E-state index is 5.79. The van der Waals surface area contributed by atoms with Crippen LogP contribution in [-0.2, 0) is 13.1 Å². The molecule has 1 fully saturated rings. The minimum atomic E-state index is 0. The average molecular weight is 419 g/mol. The number of hydrogen-bond donors (Lipinski definition) is 1. The molecule has 0 spiro atoms. The molecule has 6 heteroatoms. The molecule has 1 aromatic heterocycles. The molecule has 1 aliphatic heterocycles. The Bertz CT molecular complexity index is 702. The molecule has 2 heterocycles. The summed E-state index contributed by atoms with van der Waals surface area (Å²) in [6.07, 6.45) is 5.48. The Morgan fingerprint density at radius 3 is 2.48 bits per heavy atom. The van der Waals surface area contributed by atoms with Crippen LogP contribution in [0.1, 0.15) is 37.3 Å². The molecule has 0 atom stereocenters. The van der Waals surface area contributed by atoms with E-state index in [1.54, 1.807) is 0 Å². The van der Waals surface area contributed by atoms with Crippen LogP contribution in [0.3, 0.4) is 0 Å². The van der Waals surface area contributed by atoms with Crippen LogP contribution in [-0.4, -0.2) is 49.7 Å². The summed E-state index contributed by atoms with van der Waals surface area (Å²) < 4.78 is 5.79. The number of halogens is 1. The summed E-state index contributed by atoms with van der Waals surface area (Å²) in [4.78, 5) is 9.43. The first-order valence-electron chi connectivity index (χ1n) is 10.6. The van der Waals surface area contributed by atoms with Gasteiger partial charge in [-0.2, -0.15) is 0 Å². The van der Waals surface area contributed by atoms with E-state index in [4.69, 9.17) is 4.74 Å². The molecule has 1 saturated heterocycles. The quantitative estimate of drug-likeness (QED) is 0.588. The van der Waals surface area contributed by atoms with Gasteiger partial charge in [-0.25, -0.2) is 4.98 Å². The van der Waals surface area contributed by atoms with Crippen LogP contribution < -0.4 is 15.0 Å². The van der Waals surface area contributed by atoms with E-state index in [-0.39, 0.29) is 12.4 Å². The lowest BCUT2D eigenvalue weighted by Crippen LogP contribution is -2.45. The number of nitrogens with one attached hydrogen (secondary N) is 1. The first-order chi connectivity index (χ1) is 13.8. The lowest BCUT2D eigenvalue weighted by atomic mass is 10.2. The van der Waals surface area contributed by atoms with Gasteiger partial charge >= 0.3 is 0 Å². The third-order valence-corrected chi connectivity index (χ3v) is 5.25. The summed E-state index contributed by atoms with van der Waals surface area (Å²) in [6.45, 7) is 8.95. The fourth-order valence-corrected chi connectivity index (χ4v) is 3.46. The first-order valence-corrected chi connectivity index (χ1v) is 10.6. The fraction of sp³-hybridized carbons (Fsp3) is 0.522. The van der Waals surface area contributed by atoms with Crippen molar-refractivity contribution in [3.05, 3.63) is 53.7 Å². The van der Waals surface area contributed by atoms with Crippen molar-refractivity contribution >= 4 is 18.2 Å². The summed E-state index contributed by atoms with van der Waals surface area (Å²) in [5, 5.41) is 3.57. The van der Waals surface area contributed by atoms with Gasteiger partial charge in [0.05, 0.1) is 6.61 Å². The zero-order valence-corrected chi connectivity index (χ0v) is 18.6. The van der Waals surface area contributed by atoms with E-state index in [0.29, 0.717) is 0 Å². The van der Waals surface area contributed by atoms with Crippen molar-refractivity contribution in [3.63, 3.8) is 0 Å². The van der Waals surface area contributed by atoms with Crippen molar-refractivity contribution in [2.24, 2.45) is 0 Å². The number of pyridine rings is 1. The summed E-state index contributed by atoms with van der Waals surface area (Å²) in [6, 6.07) is 12.6. The monoisotopic (exact) mass is 418 g/mol. The number of likely N-dealkylation sites (N-methyl/N-ethyl adjacent to an activating group) is 1. The maximum atomic E-state index is 5.79. The van der Waals surface area contributed by atoms with Crippen molar-refractivity contribution in [3.8, 4) is 5.75 Å². The molecule has 0 amide bonds. The molecule has 1 N–H and O–H groups in total. The van der Waals surface area contributed by atoms with Gasteiger partial charge in [-0.15, -0.1) is 12.4 Å². The Morgan fingerprint density at radius 2 is 1.76 bits per heavy atom. The zero-order valence-electron chi connectivity index (χ0n) is 17.8. The number of rotatable bonds is 10. The average Bonchev–Trinajstić information content (AvgIpc) is 2.73. The van der Waals surface area contributed by atoms with E-state index in [9.17, 15) is 0 Å². The number of aromatic nitrogens is 1. The summed E-state index contributed by atoms with van der Waals surface area (Å²) in [5.41, 5.74) is 2.54. The first kappa shape index (κ1) is 23.5. The third kappa shape index (κ3) is 7.50. The minimum absolute atomic E-state index is 0. The highest BCUT2D eigenvalue weighted by atomic mass is 35.5. The maximum Gasteiger partial charge on any atom is 0.133 e. The topological polar surface area (TPSA) is 40.6 Å². The molecule has 5 nitrogen and oxygen atoms in total. The number of anilines is 1. The van der Waals surface area contributed by atoms with Gasteiger partial charge in [0.2, 0.25) is 0 Å². The molecule has 0 radical (unpaired) electrons. The number of unbranched alkanes of at least 4 members (excludes halogenated alkanes) is 2. The minimum Gasteiger partial charge on any atom is -0.494 e. The number of piperazine rings is 1. The molecule has 0 bridgehead atoms. The van der Waals surface area contributed by atoms with Gasteiger partial charge in [-0.1, -0.05) is 38.0 Å². The number of nitrogens with zero attached hydrogens (tertiary/aromatic N) is 3. The van der Waals surface area contributed by atoms with Crippen LogP contribution in [0, 0.1) is 0 Å². The smallest absolute Gasteiger partial charge is 0.133 e. The van der Waals surface area contributed by atoms with E-state index in [1.807, 2.05) is 12.3 Å². The molecule has 29 heavy (non-hydrogen) atoms. The normalized spacial score (nSPS) is 14.5. The summed E-state index contributed by atoms with van der Waals surface area (Å²) in [5.74, 6) is 2.09. The van der Waals surface area contributed by atoms with Gasteiger partial charge < -0.3 is 19.9 Å². The predicted octanol–water partition coefficient (Wildman–Crippen LogP) is 4.11. The van der Waals surface area contributed by atoms with Crippen molar-refractivity contribution in [2.75, 3.05) is 44.7 Å². The molecule has 2 aromatic rings. The molecule has 1 aromatic carbocycles. The third-order valence-electron chi connectivity index (χ3n) is 5.25. The van der Waals surface area contributed by atoms with Crippen molar-refractivity contribution in [2.45, 2.75) is 39.3 Å². The fourth-order valence-electron chi connectivity index (χ4n) is 3.46. The number of hydrogen-bond acceptors (Lipinski definition) is 5. The van der Waals surface area contributed by atoms with Crippen LogP contribution >= 0.6 is 12.4 Å². The Balaban J connectivity index is 0.00000300. The van der Waals surface area contributed by atoms with Gasteiger partial charge in [0.15, 0.2) is 0 Å². The van der Waals surface area contributed by atoms with Crippen LogP contribution in [0.25, 0.3) is 0 Å². The molecule has 1 aliphatic rings. The largest absolute Gasteiger partial charge is 0.494 e. The zero-order chi connectivity index (χ0) is 19.6. The second-order valence-electron chi connectivity index (χ2n) is 7.58. The van der Waals surface area contributed by atoms with Crippen LogP contribution in [0.15, 0.2) is 42.6 Å². The van der Waals surface area contributed by atoms with Gasteiger partial charge in [-0.3, -0.25) is 0 Å². The lowest BCUT2D eigenvalue weighted by molar-refractivity contribution is 0.306. The molecule has 160 valence electrons. The van der Waals surface area contributed by atoms with Gasteiger partial charge in [0.25, 0.3) is 0 Å². The highest BCUT2D eigenvalue weighted by Crippen LogP contribution is 2.19. The SMILES string of the molecule is CCCCCOc1ccc(CNCc2cccnc2N2CCN(C)CC2)cc1.Cl. The Hall–Kier alpha value is -1.82. The van der Waals surface area contributed by atoms with E-state index >= 15 is 0 Å². The predicted molar refractivity (Wildman–Crippen MR) is 123 cm³/mol. The molecule has 3 rings (SSSR count). The van der Waals surface area contributed by atoms with Gasteiger partial charge in [0.1, 0.15) is 11.6 Å². The molecular formula is C23H35ClN4O. The molecular weight excluding hydrogens is 384 g/mol. The summed E-state index contributed by atoms with van der Waals surface area (Å²) >= 11 is 0. The van der Waals surface area contributed by atoms with Crippen LogP contribution in [0.2, 0.25) is 0 Å². The Kier molecular flexibility index (Phi) is 10.3. The highest BCUT2D eigenvalue weighted by Gasteiger charge is 2.17. The van der Waals surface area contributed by atoms with Gasteiger partial charge in [0, 0.05) is 51.0 Å². The second-order valence-corrected chi connectivity index (χ2v) is 7.58. The van der Waals surface area contributed by atoms with E-state index in [0.717, 1.165) is 63.9 Å². The van der Waals surface area contributed by atoms with Crippen molar-refractivity contribution in [1.29, 1.82) is 0 Å². The molecule has 0 unspecified atom stereocenters. The summed E-state index contributed by atoms with van der Waals surface area (Å²) in [7, 11) is 2.18. The Morgan fingerprint density at radius 1 is 1.00 bits per heavy atom. The van der Waals surface area contributed by atoms with E-state index in [2.05, 4.69) is 64.4 Å². The Labute approximate surface area is 181 Å². The number of benzene rings is 1. The van der Waals surface area contributed by atoms with Gasteiger partial charge in [-0.05, 0) is 37.2 Å².